The van der Waals surface area contributed by atoms with E-state index in [0.29, 0.717) is 18.9 Å². The lowest BCUT2D eigenvalue weighted by molar-refractivity contribution is -0.119. The number of hydrogen-bond donors (Lipinski definition) is 2. The molecule has 1 aromatic rings. The number of benzene rings is 1. The van der Waals surface area contributed by atoms with Crippen LogP contribution in [0, 0.1) is 5.82 Å². The second kappa shape index (κ2) is 6.67. The third-order valence-electron chi connectivity index (χ3n) is 4.73. The molecule has 0 bridgehead atoms. The summed E-state index contributed by atoms with van der Waals surface area (Å²) in [6.45, 7) is 5.68. The van der Waals surface area contributed by atoms with Crippen molar-refractivity contribution in [2.24, 2.45) is 10.7 Å². The molecule has 1 unspecified atom stereocenters. The van der Waals surface area contributed by atoms with Gasteiger partial charge in [-0.3, -0.25) is 9.79 Å². The van der Waals surface area contributed by atoms with Crippen LogP contribution >= 0.6 is 0 Å². The fraction of sp³-hybridized carbons (Fsp3) is 0.529. The van der Waals surface area contributed by atoms with Crippen molar-refractivity contribution in [3.63, 3.8) is 0 Å². The first kappa shape index (κ1) is 16.5. The minimum atomic E-state index is -0.280. The fourth-order valence-corrected chi connectivity index (χ4v) is 3.17. The van der Waals surface area contributed by atoms with Crippen molar-refractivity contribution < 1.29 is 9.18 Å². The summed E-state index contributed by atoms with van der Waals surface area (Å²) in [4.78, 5) is 20.1. The number of hydrogen-bond acceptors (Lipinski definition) is 3. The third-order valence-corrected chi connectivity index (χ3v) is 4.73. The summed E-state index contributed by atoms with van der Waals surface area (Å²) in [5.41, 5.74) is 6.86. The normalized spacial score (nSPS) is 25.1. The van der Waals surface area contributed by atoms with Crippen LogP contribution < -0.4 is 16.0 Å². The van der Waals surface area contributed by atoms with Gasteiger partial charge in [-0.1, -0.05) is 0 Å². The highest BCUT2D eigenvalue weighted by Crippen LogP contribution is 2.20. The predicted molar refractivity (Wildman–Crippen MR) is 92.5 cm³/mol. The summed E-state index contributed by atoms with van der Waals surface area (Å²) in [5, 5.41) is 2.96. The Kier molecular flexibility index (Phi) is 4.59. The highest BCUT2D eigenvalue weighted by Gasteiger charge is 2.33. The Balaban J connectivity index is 1.53. The zero-order valence-corrected chi connectivity index (χ0v) is 14.0. The van der Waals surface area contributed by atoms with Crippen LogP contribution in [0.4, 0.5) is 10.1 Å². The lowest BCUT2D eigenvalue weighted by Gasteiger charge is -2.37. The summed E-state index contributed by atoms with van der Waals surface area (Å²) < 4.78 is 13.0. The van der Waals surface area contributed by atoms with Gasteiger partial charge in [-0.25, -0.2) is 4.39 Å². The maximum absolute atomic E-state index is 13.0. The molecule has 1 amide bonds. The van der Waals surface area contributed by atoms with E-state index in [-0.39, 0.29) is 17.3 Å². The smallest absolute Gasteiger partial charge is 0.220 e. The van der Waals surface area contributed by atoms with Gasteiger partial charge in [0.2, 0.25) is 5.91 Å². The minimum absolute atomic E-state index is 0.0826. The van der Waals surface area contributed by atoms with Crippen LogP contribution in [0.2, 0.25) is 0 Å². The van der Waals surface area contributed by atoms with E-state index in [0.717, 1.165) is 38.3 Å². The predicted octanol–water partition coefficient (Wildman–Crippen LogP) is 0.931. The molecular weight excluding hydrogens is 309 g/mol. The number of carbonyl (C=O) groups excluding carboxylic acids is 1. The van der Waals surface area contributed by atoms with E-state index >= 15 is 0 Å². The summed E-state index contributed by atoms with van der Waals surface area (Å²) in [5.74, 6) is 0.386. The molecule has 0 aliphatic carbocycles. The number of guanidine groups is 1. The maximum atomic E-state index is 13.0. The first-order valence-corrected chi connectivity index (χ1v) is 8.32. The molecule has 0 spiro atoms. The van der Waals surface area contributed by atoms with Crippen molar-refractivity contribution in [2.45, 2.75) is 25.3 Å². The minimum Gasteiger partial charge on any atom is -0.370 e. The maximum Gasteiger partial charge on any atom is 0.220 e. The molecular formula is C17H24FN5O. The lowest BCUT2D eigenvalue weighted by atomic mass is 10.0. The summed E-state index contributed by atoms with van der Waals surface area (Å²) in [7, 11) is 0. The van der Waals surface area contributed by atoms with E-state index in [2.05, 4.69) is 20.1 Å². The van der Waals surface area contributed by atoms with Gasteiger partial charge >= 0.3 is 0 Å². The number of carbonyl (C=O) groups is 1. The molecule has 0 aromatic heterocycles. The van der Waals surface area contributed by atoms with Crippen molar-refractivity contribution >= 4 is 17.6 Å². The largest absolute Gasteiger partial charge is 0.370 e. The van der Waals surface area contributed by atoms with Gasteiger partial charge in [0, 0.05) is 38.3 Å². The van der Waals surface area contributed by atoms with E-state index in [4.69, 9.17) is 5.73 Å². The average Bonchev–Trinajstić information content (AvgIpc) is 2.93. The molecule has 130 valence electrons. The Morgan fingerprint density at radius 2 is 1.96 bits per heavy atom. The molecule has 1 atom stereocenters. The Morgan fingerprint density at radius 3 is 2.54 bits per heavy atom. The van der Waals surface area contributed by atoms with E-state index in [1.807, 2.05) is 6.92 Å². The Hall–Kier alpha value is -2.31. The van der Waals surface area contributed by atoms with E-state index in [1.54, 1.807) is 12.1 Å². The second-order valence-corrected chi connectivity index (χ2v) is 6.73. The Labute approximate surface area is 141 Å². The molecule has 0 radical (unpaired) electrons. The van der Waals surface area contributed by atoms with E-state index < -0.39 is 0 Å². The van der Waals surface area contributed by atoms with Crippen molar-refractivity contribution in [1.82, 2.24) is 10.2 Å². The number of nitrogens with two attached hydrogens (primary N) is 1. The molecule has 0 saturated carbocycles. The topological polar surface area (TPSA) is 74.0 Å². The van der Waals surface area contributed by atoms with Gasteiger partial charge in [-0.15, -0.1) is 0 Å². The molecule has 2 heterocycles. The SMILES string of the molecule is CC1(CN=C(N)N2CCN(c3ccc(F)cc3)CC2)CCC(=O)N1. The highest BCUT2D eigenvalue weighted by atomic mass is 19.1. The molecule has 2 aliphatic rings. The van der Waals surface area contributed by atoms with Crippen LogP contribution in [-0.4, -0.2) is 55.0 Å². The van der Waals surface area contributed by atoms with E-state index in [1.165, 1.54) is 12.1 Å². The van der Waals surface area contributed by atoms with Crippen LogP contribution in [0.1, 0.15) is 19.8 Å². The van der Waals surface area contributed by atoms with Crippen LogP contribution in [0.5, 0.6) is 0 Å². The van der Waals surface area contributed by atoms with Crippen LogP contribution in [-0.2, 0) is 4.79 Å². The average molecular weight is 333 g/mol. The van der Waals surface area contributed by atoms with Crippen molar-refractivity contribution in [3.8, 4) is 0 Å². The molecule has 24 heavy (non-hydrogen) atoms. The standard InChI is InChI=1S/C17H24FN5O/c1-17(7-6-15(24)21-17)12-20-16(19)23-10-8-22(9-11-23)14-4-2-13(18)3-5-14/h2-5H,6-12H2,1H3,(H2,19,20)(H,21,24). The first-order chi connectivity index (χ1) is 11.5. The molecule has 3 rings (SSSR count). The molecule has 2 aliphatic heterocycles. The van der Waals surface area contributed by atoms with Gasteiger partial charge in [0.15, 0.2) is 5.96 Å². The van der Waals surface area contributed by atoms with Crippen LogP contribution in [0.3, 0.4) is 0 Å². The van der Waals surface area contributed by atoms with Gasteiger partial charge in [-0.2, -0.15) is 0 Å². The highest BCUT2D eigenvalue weighted by molar-refractivity contribution is 5.80. The zero-order chi connectivity index (χ0) is 17.2. The molecule has 2 fully saturated rings. The number of nitrogens with one attached hydrogen (secondary N) is 1. The summed E-state index contributed by atoms with van der Waals surface area (Å²) in [6.07, 6.45) is 1.35. The van der Waals surface area contributed by atoms with Gasteiger partial charge in [0.1, 0.15) is 5.82 Å². The number of rotatable bonds is 3. The van der Waals surface area contributed by atoms with Crippen LogP contribution in [0.15, 0.2) is 29.3 Å². The lowest BCUT2D eigenvalue weighted by Crippen LogP contribution is -2.52. The van der Waals surface area contributed by atoms with Crippen molar-refractivity contribution in [1.29, 1.82) is 0 Å². The molecule has 6 nitrogen and oxygen atoms in total. The van der Waals surface area contributed by atoms with Crippen molar-refractivity contribution in [3.05, 3.63) is 30.1 Å². The molecule has 3 N–H and O–H groups in total. The Morgan fingerprint density at radius 1 is 1.29 bits per heavy atom. The van der Waals surface area contributed by atoms with E-state index in [9.17, 15) is 9.18 Å². The second-order valence-electron chi connectivity index (χ2n) is 6.73. The first-order valence-electron chi connectivity index (χ1n) is 8.32. The van der Waals surface area contributed by atoms with Crippen molar-refractivity contribution in [2.75, 3.05) is 37.6 Å². The van der Waals surface area contributed by atoms with Gasteiger partial charge < -0.3 is 20.9 Å². The third kappa shape index (κ3) is 3.77. The molecule has 1 aromatic carbocycles. The van der Waals surface area contributed by atoms with Gasteiger partial charge in [0.25, 0.3) is 0 Å². The fourth-order valence-electron chi connectivity index (χ4n) is 3.17. The summed E-state index contributed by atoms with van der Waals surface area (Å²) in [6, 6.07) is 6.56. The number of halogens is 1. The molecule has 7 heteroatoms. The monoisotopic (exact) mass is 333 g/mol. The number of piperazine rings is 1. The number of nitrogens with zero attached hydrogens (tertiary/aromatic N) is 3. The van der Waals surface area contributed by atoms with Gasteiger partial charge in [-0.05, 0) is 37.6 Å². The molecule has 2 saturated heterocycles. The summed E-state index contributed by atoms with van der Waals surface area (Å²) >= 11 is 0. The number of anilines is 1. The Bertz CT molecular complexity index is 624. The quantitative estimate of drug-likeness (QED) is 0.637. The van der Waals surface area contributed by atoms with Gasteiger partial charge in [0.05, 0.1) is 12.1 Å². The number of amides is 1. The van der Waals surface area contributed by atoms with Crippen LogP contribution in [0.25, 0.3) is 0 Å². The number of aliphatic imine (C=N–C) groups is 1. The zero-order valence-electron chi connectivity index (χ0n) is 14.0.